The number of carbonyl (C=O) groups is 1. The highest BCUT2D eigenvalue weighted by Gasteiger charge is 2.37. The average Bonchev–Trinajstić information content (AvgIpc) is 3.61. The summed E-state index contributed by atoms with van der Waals surface area (Å²) in [6.07, 6.45) is -1.92. The van der Waals surface area contributed by atoms with Crippen molar-refractivity contribution >= 4 is 40.5 Å². The molecule has 3 aliphatic heterocycles. The molecule has 0 atom stereocenters. The number of rotatable bonds is 2. The predicted octanol–water partition coefficient (Wildman–Crippen LogP) is 4.00. The van der Waals surface area contributed by atoms with Gasteiger partial charge in [0.2, 0.25) is 6.33 Å². The minimum Gasteiger partial charge on any atom is -0.383 e. The van der Waals surface area contributed by atoms with Gasteiger partial charge in [-0.2, -0.15) is 18.2 Å². The fourth-order valence-electron chi connectivity index (χ4n) is 5.10. The number of carbonyl (C=O) groups excluding carboxylic acids is 1. The number of benzene rings is 2. The predicted molar refractivity (Wildman–Crippen MR) is 137 cm³/mol. The number of hydrazone groups is 1. The van der Waals surface area contributed by atoms with Gasteiger partial charge in [-0.1, -0.05) is 11.2 Å². The molecular formula is C26H23F4N8O+. The van der Waals surface area contributed by atoms with Gasteiger partial charge in [-0.05, 0) is 54.3 Å². The van der Waals surface area contributed by atoms with Gasteiger partial charge in [-0.3, -0.25) is 9.80 Å². The lowest BCUT2D eigenvalue weighted by Gasteiger charge is -2.19. The number of nitrogens with zero attached hydrogens (tertiary/aromatic N) is 6. The quantitative estimate of drug-likeness (QED) is 0.379. The zero-order valence-electron chi connectivity index (χ0n) is 20.8. The van der Waals surface area contributed by atoms with Crippen molar-refractivity contribution < 1.29 is 27.0 Å². The van der Waals surface area contributed by atoms with Crippen LogP contribution in [0.3, 0.4) is 0 Å². The number of nitrogen functional groups attached to an aromatic ring is 1. The van der Waals surface area contributed by atoms with Crippen molar-refractivity contribution in [3.63, 3.8) is 0 Å². The molecule has 2 aromatic carbocycles. The molecule has 39 heavy (non-hydrogen) atoms. The van der Waals surface area contributed by atoms with E-state index in [1.165, 1.54) is 11.2 Å². The summed E-state index contributed by atoms with van der Waals surface area (Å²) in [6, 6.07) is 6.60. The molecule has 2 amide bonds. The zero-order chi connectivity index (χ0) is 27.5. The first-order valence-corrected chi connectivity index (χ1v) is 12.2. The molecule has 3 aromatic rings. The molecule has 3 N–H and O–H groups in total. The largest absolute Gasteiger partial charge is 0.416 e. The van der Waals surface area contributed by atoms with E-state index in [1.807, 2.05) is 17.8 Å². The number of anilines is 3. The second-order valence-corrected chi connectivity index (χ2v) is 9.64. The van der Waals surface area contributed by atoms with Gasteiger partial charge in [-0.25, -0.2) is 9.18 Å². The standard InChI is InChI=1S/C26H22F4N8O/c1-36-8-7-17(12-36)38-24-21(23(31)32-13-33-24)22(35-38)15-2-5-20-14(10-15)6-9-37(20)25(39)34-19-11-16(26(28,29)30)3-4-18(19)27/h2-5,10-11,13H,6-9,12H2,1H3,(H2-,31,32,33,34,35,39)/p+1/b38-17-. The minimum atomic E-state index is -4.67. The Bertz CT molecular complexity index is 1580. The second kappa shape index (κ2) is 9.12. The smallest absolute Gasteiger partial charge is 0.383 e. The highest BCUT2D eigenvalue weighted by Crippen LogP contribution is 2.36. The van der Waals surface area contributed by atoms with Crippen LogP contribution in [0.25, 0.3) is 0 Å². The zero-order valence-corrected chi connectivity index (χ0v) is 20.8. The van der Waals surface area contributed by atoms with Gasteiger partial charge in [0.25, 0.3) is 0 Å². The van der Waals surface area contributed by atoms with Crippen LogP contribution in [0.2, 0.25) is 0 Å². The Labute approximate surface area is 220 Å². The van der Waals surface area contributed by atoms with Crippen molar-refractivity contribution in [1.29, 1.82) is 0 Å². The van der Waals surface area contributed by atoms with Crippen LogP contribution < -0.4 is 16.0 Å². The first-order valence-electron chi connectivity index (χ1n) is 12.2. The maximum atomic E-state index is 14.2. The molecule has 1 aromatic heterocycles. The molecule has 0 saturated carbocycles. The van der Waals surface area contributed by atoms with E-state index >= 15 is 0 Å². The Balaban J connectivity index is 1.30. The molecule has 0 radical (unpaired) electrons. The van der Waals surface area contributed by atoms with Gasteiger partial charge in [-0.15, -0.1) is 4.68 Å². The van der Waals surface area contributed by atoms with Crippen molar-refractivity contribution in [3.8, 4) is 0 Å². The van der Waals surface area contributed by atoms with Gasteiger partial charge < -0.3 is 11.1 Å². The summed E-state index contributed by atoms with van der Waals surface area (Å²) in [5.41, 5.74) is 9.16. The molecule has 1 fully saturated rings. The molecule has 3 aliphatic rings. The van der Waals surface area contributed by atoms with Crippen molar-refractivity contribution in [3.05, 3.63) is 70.8 Å². The summed E-state index contributed by atoms with van der Waals surface area (Å²) < 4.78 is 55.2. The molecule has 13 heteroatoms. The van der Waals surface area contributed by atoms with Crippen LogP contribution in [0.5, 0.6) is 0 Å². The van der Waals surface area contributed by atoms with Gasteiger partial charge in [0.1, 0.15) is 28.6 Å². The average molecular weight is 540 g/mol. The number of hydrogen-bond acceptors (Lipinski definition) is 6. The normalized spacial score (nSPS) is 18.8. The number of nitrogens with one attached hydrogen (secondary N) is 1. The van der Waals surface area contributed by atoms with Crippen molar-refractivity contribution in [1.82, 2.24) is 14.9 Å². The van der Waals surface area contributed by atoms with E-state index in [4.69, 9.17) is 10.8 Å². The summed E-state index contributed by atoms with van der Waals surface area (Å²) in [5, 5.41) is 7.13. The number of likely N-dealkylation sites (tertiary alicyclic amines) is 1. The molecule has 0 unspecified atom stereocenters. The monoisotopic (exact) mass is 539 g/mol. The van der Waals surface area contributed by atoms with E-state index in [1.54, 1.807) is 12.1 Å². The molecule has 6 rings (SSSR count). The van der Waals surface area contributed by atoms with Crippen molar-refractivity contribution in [2.45, 2.75) is 19.0 Å². The Hall–Kier alpha value is -4.39. The van der Waals surface area contributed by atoms with Crippen molar-refractivity contribution in [2.75, 3.05) is 42.6 Å². The van der Waals surface area contributed by atoms with E-state index in [9.17, 15) is 22.4 Å². The number of aromatic nitrogens is 2. The highest BCUT2D eigenvalue weighted by atomic mass is 19.4. The topological polar surface area (TPSA) is 103 Å². The van der Waals surface area contributed by atoms with Crippen LogP contribution >= 0.6 is 0 Å². The third kappa shape index (κ3) is 4.38. The second-order valence-electron chi connectivity index (χ2n) is 9.64. The highest BCUT2D eigenvalue weighted by molar-refractivity contribution is 6.18. The summed E-state index contributed by atoms with van der Waals surface area (Å²) in [6.45, 7) is 1.94. The third-order valence-corrected chi connectivity index (χ3v) is 7.06. The summed E-state index contributed by atoms with van der Waals surface area (Å²) in [7, 11) is 2.03. The number of fused-ring (bicyclic) bond motifs is 2. The Morgan fingerprint density at radius 3 is 2.67 bits per heavy atom. The Morgan fingerprint density at radius 1 is 1.10 bits per heavy atom. The first-order chi connectivity index (χ1) is 18.6. The molecule has 1 saturated heterocycles. The molecule has 9 nitrogen and oxygen atoms in total. The third-order valence-electron chi connectivity index (χ3n) is 7.06. The fourth-order valence-corrected chi connectivity index (χ4v) is 5.10. The fraction of sp³-hybridized carbons (Fsp3) is 0.269. The maximum absolute atomic E-state index is 14.2. The van der Waals surface area contributed by atoms with Gasteiger partial charge in [0.05, 0.1) is 17.8 Å². The summed E-state index contributed by atoms with van der Waals surface area (Å²) in [5.74, 6) is -0.0371. The van der Waals surface area contributed by atoms with Crippen LogP contribution in [-0.2, 0) is 12.6 Å². The Morgan fingerprint density at radius 2 is 1.92 bits per heavy atom. The van der Waals surface area contributed by atoms with E-state index in [0.29, 0.717) is 53.2 Å². The van der Waals surface area contributed by atoms with Crippen molar-refractivity contribution in [2.24, 2.45) is 5.10 Å². The minimum absolute atomic E-state index is 0.274. The number of amides is 2. The lowest BCUT2D eigenvalue weighted by atomic mass is 10.0. The number of urea groups is 1. The van der Waals surface area contributed by atoms with Crippen LogP contribution in [0.1, 0.15) is 28.7 Å². The molecule has 0 bridgehead atoms. The van der Waals surface area contributed by atoms with Crippen LogP contribution in [0.15, 0.2) is 47.8 Å². The lowest BCUT2D eigenvalue weighted by Crippen LogP contribution is -2.33. The molecule has 0 spiro atoms. The molecule has 200 valence electrons. The van der Waals surface area contributed by atoms with E-state index in [2.05, 4.69) is 20.2 Å². The number of halogens is 4. The van der Waals surface area contributed by atoms with Crippen LogP contribution in [0, 0.1) is 5.82 Å². The van der Waals surface area contributed by atoms with E-state index in [-0.39, 0.29) is 6.54 Å². The van der Waals surface area contributed by atoms with Gasteiger partial charge in [0.15, 0.2) is 0 Å². The lowest BCUT2D eigenvalue weighted by molar-refractivity contribution is -0.446. The SMILES string of the molecule is CN1CC/C(=[N+]2/N=C(c3ccc4c(c3)CCN4C(=O)Nc3cc(C(F)(F)F)ccc3F)c3c(N)ncnc32)C1. The summed E-state index contributed by atoms with van der Waals surface area (Å²) >= 11 is 0. The Kier molecular flexibility index (Phi) is 5.83. The maximum Gasteiger partial charge on any atom is 0.416 e. The van der Waals surface area contributed by atoms with E-state index in [0.717, 1.165) is 36.3 Å². The first kappa shape index (κ1) is 24.9. The van der Waals surface area contributed by atoms with Gasteiger partial charge in [0, 0.05) is 30.8 Å². The summed E-state index contributed by atoms with van der Waals surface area (Å²) in [4.78, 5) is 25.1. The molecule has 0 aliphatic carbocycles. The van der Waals surface area contributed by atoms with Gasteiger partial charge >= 0.3 is 18.0 Å². The van der Waals surface area contributed by atoms with Crippen LogP contribution in [-0.4, -0.2) is 63.7 Å². The van der Waals surface area contributed by atoms with E-state index < -0.39 is 29.3 Å². The van der Waals surface area contributed by atoms with Crippen LogP contribution in [0.4, 0.5) is 45.4 Å². The number of nitrogens with two attached hydrogens (primary N) is 1. The molecule has 4 heterocycles. The molecular weight excluding hydrogens is 516 g/mol. The number of alkyl halides is 3. The number of hydrogen-bond donors (Lipinski definition) is 2.